The van der Waals surface area contributed by atoms with Crippen LogP contribution in [0, 0.1) is 6.92 Å². The Labute approximate surface area is 179 Å². The van der Waals surface area contributed by atoms with Crippen molar-refractivity contribution in [3.05, 3.63) is 53.6 Å². The van der Waals surface area contributed by atoms with E-state index in [9.17, 15) is 17.4 Å². The summed E-state index contributed by atoms with van der Waals surface area (Å²) in [6.45, 7) is 5.29. The van der Waals surface area contributed by atoms with Crippen LogP contribution in [0.2, 0.25) is 0 Å². The summed E-state index contributed by atoms with van der Waals surface area (Å²) in [7, 11) is -7.32. The Balaban J connectivity index is 2.44. The maximum absolute atomic E-state index is 13.3. The van der Waals surface area contributed by atoms with Crippen molar-refractivity contribution in [2.75, 3.05) is 6.26 Å². The van der Waals surface area contributed by atoms with Gasteiger partial charge in [-0.05, 0) is 55.7 Å². The highest BCUT2D eigenvalue weighted by Gasteiger charge is 2.19. The van der Waals surface area contributed by atoms with Crippen molar-refractivity contribution in [2.45, 2.75) is 62.7 Å². The average Bonchev–Trinajstić information content (AvgIpc) is 2.65. The minimum absolute atomic E-state index is 0.000928. The van der Waals surface area contributed by atoms with Gasteiger partial charge < -0.3 is 4.74 Å². The maximum Gasteiger partial charge on any atom is 0.308 e. The molecule has 0 heterocycles. The first-order valence-electron chi connectivity index (χ1n) is 9.91. The lowest BCUT2D eigenvalue weighted by Gasteiger charge is -2.12. The number of carbonyl (C=O) groups excluding carboxylic acids is 1. The Kier molecular flexibility index (Phi) is 8.20. The van der Waals surface area contributed by atoms with E-state index in [2.05, 4.69) is 10.7 Å². The van der Waals surface area contributed by atoms with Gasteiger partial charge >= 0.3 is 5.97 Å². The lowest BCUT2D eigenvalue weighted by atomic mass is 10.1. The van der Waals surface area contributed by atoms with Crippen molar-refractivity contribution in [3.8, 4) is 5.75 Å². The van der Waals surface area contributed by atoms with E-state index in [1.165, 1.54) is 31.4 Å². The lowest BCUT2D eigenvalue weighted by Crippen LogP contribution is -2.08. The van der Waals surface area contributed by atoms with Gasteiger partial charge in [0.2, 0.25) is 0 Å². The second kappa shape index (κ2) is 10.2. The molecule has 0 bridgehead atoms. The van der Waals surface area contributed by atoms with Crippen LogP contribution in [0.3, 0.4) is 0 Å². The van der Waals surface area contributed by atoms with Gasteiger partial charge in [0.25, 0.3) is 10.0 Å². The fourth-order valence-corrected chi connectivity index (χ4v) is 6.31. The van der Waals surface area contributed by atoms with Gasteiger partial charge in [-0.2, -0.15) is 8.42 Å². The Morgan fingerprint density at radius 1 is 0.967 bits per heavy atom. The molecule has 0 aliphatic heterocycles. The number of aryl methyl sites for hydroxylation is 2. The zero-order chi connectivity index (χ0) is 22.4. The molecule has 0 radical (unpaired) electrons. The van der Waals surface area contributed by atoms with Crippen molar-refractivity contribution in [1.29, 1.82) is 0 Å². The van der Waals surface area contributed by atoms with Crippen LogP contribution >= 0.6 is 0 Å². The van der Waals surface area contributed by atoms with E-state index >= 15 is 0 Å². The van der Waals surface area contributed by atoms with Gasteiger partial charge in [-0.1, -0.05) is 43.9 Å². The smallest absolute Gasteiger partial charge is 0.308 e. The van der Waals surface area contributed by atoms with Crippen LogP contribution in [-0.4, -0.2) is 24.9 Å². The fraction of sp³-hybridized carbons (Fsp3) is 0.409. The van der Waals surface area contributed by atoms with Crippen LogP contribution in [0.5, 0.6) is 5.75 Å². The summed E-state index contributed by atoms with van der Waals surface area (Å²) < 4.78 is 47.6. The highest BCUT2D eigenvalue weighted by Crippen LogP contribution is 2.27. The molecule has 164 valence electrons. The summed E-state index contributed by atoms with van der Waals surface area (Å²) in [6, 6.07) is 10.9. The highest BCUT2D eigenvalue weighted by molar-refractivity contribution is 8.03. The van der Waals surface area contributed by atoms with E-state index in [0.29, 0.717) is 17.1 Å². The predicted molar refractivity (Wildman–Crippen MR) is 119 cm³/mol. The van der Waals surface area contributed by atoms with Crippen molar-refractivity contribution in [2.24, 2.45) is 3.77 Å². The van der Waals surface area contributed by atoms with Crippen molar-refractivity contribution in [1.82, 2.24) is 0 Å². The van der Waals surface area contributed by atoms with Gasteiger partial charge in [0.15, 0.2) is 0 Å². The Morgan fingerprint density at radius 3 is 2.20 bits per heavy atom. The molecule has 0 fully saturated rings. The molecule has 2 aromatic rings. The first kappa shape index (κ1) is 24.1. The second-order valence-electron chi connectivity index (χ2n) is 7.34. The van der Waals surface area contributed by atoms with Crippen molar-refractivity contribution in [3.63, 3.8) is 0 Å². The van der Waals surface area contributed by atoms with Gasteiger partial charge in [0.1, 0.15) is 5.75 Å². The summed E-state index contributed by atoms with van der Waals surface area (Å²) in [5.41, 5.74) is 1.64. The molecule has 0 aliphatic carbocycles. The number of esters is 1. The maximum atomic E-state index is 13.3. The third kappa shape index (κ3) is 6.67. The highest BCUT2D eigenvalue weighted by atomic mass is 32.3. The number of sulfonamides is 1. The third-order valence-electron chi connectivity index (χ3n) is 4.58. The molecule has 0 saturated carbocycles. The number of rotatable bonds is 9. The van der Waals surface area contributed by atoms with Crippen LogP contribution in [0.4, 0.5) is 0 Å². The van der Waals surface area contributed by atoms with E-state index in [-0.39, 0.29) is 4.90 Å². The van der Waals surface area contributed by atoms with Gasteiger partial charge in [-0.25, -0.2) is 4.21 Å². The molecular weight excluding hydrogens is 422 g/mol. The number of benzene rings is 2. The van der Waals surface area contributed by atoms with Gasteiger partial charge in [0, 0.05) is 18.1 Å². The van der Waals surface area contributed by atoms with E-state index in [1.54, 1.807) is 24.3 Å². The molecule has 2 aromatic carbocycles. The fourth-order valence-electron chi connectivity index (χ4n) is 2.97. The van der Waals surface area contributed by atoms with Crippen molar-refractivity contribution >= 4 is 25.7 Å². The second-order valence-corrected chi connectivity index (χ2v) is 11.4. The topological polar surface area (TPSA) is 89.9 Å². The zero-order valence-electron chi connectivity index (χ0n) is 17.9. The number of unbranched alkanes of at least 4 members (excludes halogenated alkanes) is 3. The van der Waals surface area contributed by atoms with E-state index in [1.807, 2.05) is 6.92 Å². The molecule has 30 heavy (non-hydrogen) atoms. The molecule has 0 N–H and O–H groups in total. The zero-order valence-corrected chi connectivity index (χ0v) is 19.5. The van der Waals surface area contributed by atoms with Crippen LogP contribution in [0.25, 0.3) is 0 Å². The molecule has 1 unspecified atom stereocenters. The molecule has 0 spiro atoms. The number of nitrogens with zero attached hydrogens (tertiary/aromatic N) is 1. The first-order chi connectivity index (χ1) is 14.0. The summed E-state index contributed by atoms with van der Waals surface area (Å²) >= 11 is 0. The normalized spacial score (nSPS) is 13.5. The van der Waals surface area contributed by atoms with E-state index in [4.69, 9.17) is 4.74 Å². The van der Waals surface area contributed by atoms with Crippen molar-refractivity contribution < 1.29 is 22.2 Å². The lowest BCUT2D eigenvalue weighted by molar-refractivity contribution is -0.131. The summed E-state index contributed by atoms with van der Waals surface area (Å²) in [6.07, 6.45) is 6.03. The standard InChI is InChI=1S/C22H29NO5S2/c1-5-6-7-8-9-19-16-21(14-15-22(19)28-18(3)24)29(4,25)23-30(26,27)20-12-10-17(2)11-13-20/h10-16H,5-9H2,1-4H3. The predicted octanol–water partition coefficient (Wildman–Crippen LogP) is 4.89. The SMILES string of the molecule is CCCCCCc1cc(S(C)(=O)=NS(=O)(=O)c2ccc(C)cc2)ccc1OC(C)=O. The molecule has 2 rings (SSSR count). The third-order valence-corrected chi connectivity index (χ3v) is 8.50. The Morgan fingerprint density at radius 2 is 1.60 bits per heavy atom. The van der Waals surface area contributed by atoms with Crippen LogP contribution in [-0.2, 0) is 31.0 Å². The molecule has 6 nitrogen and oxygen atoms in total. The monoisotopic (exact) mass is 451 g/mol. The quantitative estimate of drug-likeness (QED) is 0.308. The summed E-state index contributed by atoms with van der Waals surface area (Å²) in [5.74, 6) is -0.0410. The van der Waals surface area contributed by atoms with Crippen LogP contribution < -0.4 is 4.74 Å². The average molecular weight is 452 g/mol. The van der Waals surface area contributed by atoms with Crippen LogP contribution in [0.1, 0.15) is 50.7 Å². The minimum atomic E-state index is -4.08. The van der Waals surface area contributed by atoms with Crippen LogP contribution in [0.15, 0.2) is 56.0 Å². The largest absolute Gasteiger partial charge is 0.426 e. The minimum Gasteiger partial charge on any atom is -0.426 e. The van der Waals surface area contributed by atoms with Gasteiger partial charge in [0.05, 0.1) is 14.6 Å². The van der Waals surface area contributed by atoms with Gasteiger partial charge in [-0.3, -0.25) is 4.79 Å². The summed E-state index contributed by atoms with van der Waals surface area (Å²) in [4.78, 5) is 11.7. The molecule has 0 aromatic heterocycles. The molecule has 8 heteroatoms. The van der Waals surface area contributed by atoms with E-state index in [0.717, 1.165) is 36.8 Å². The first-order valence-corrected chi connectivity index (χ1v) is 13.3. The number of ether oxygens (including phenoxy) is 1. The number of hydrogen-bond donors (Lipinski definition) is 0. The molecule has 0 aliphatic rings. The molecular formula is C22H29NO5S2. The summed E-state index contributed by atoms with van der Waals surface area (Å²) in [5, 5.41) is 0. The van der Waals surface area contributed by atoms with Gasteiger partial charge in [-0.15, -0.1) is 3.77 Å². The Hall–Kier alpha value is -2.19. The molecule has 0 amide bonds. The molecule has 1 atom stereocenters. The number of hydrogen-bond acceptors (Lipinski definition) is 5. The number of carbonyl (C=O) groups is 1. The van der Waals surface area contributed by atoms with E-state index < -0.39 is 25.7 Å². The molecule has 0 saturated heterocycles. The Bertz CT molecular complexity index is 1110.